The lowest BCUT2D eigenvalue weighted by molar-refractivity contribution is 0.102. The van der Waals surface area contributed by atoms with Gasteiger partial charge in [-0.3, -0.25) is 15.1 Å². The van der Waals surface area contributed by atoms with E-state index >= 15 is 0 Å². The fraction of sp³-hybridized carbons (Fsp3) is 0.211. The van der Waals surface area contributed by atoms with E-state index in [0.717, 1.165) is 23.4 Å². The van der Waals surface area contributed by atoms with E-state index in [1.54, 1.807) is 30.6 Å². The molecule has 1 saturated carbocycles. The summed E-state index contributed by atoms with van der Waals surface area (Å²) in [7, 11) is 0. The molecule has 4 rings (SSSR count). The van der Waals surface area contributed by atoms with E-state index in [-0.39, 0.29) is 11.9 Å². The van der Waals surface area contributed by atoms with Crippen LogP contribution in [-0.2, 0) is 6.54 Å². The van der Waals surface area contributed by atoms with E-state index in [0.29, 0.717) is 28.8 Å². The number of anilines is 2. The van der Waals surface area contributed by atoms with Gasteiger partial charge in [0.25, 0.3) is 5.91 Å². The van der Waals surface area contributed by atoms with E-state index in [9.17, 15) is 9.59 Å². The molecule has 0 atom stereocenters. The van der Waals surface area contributed by atoms with E-state index in [1.807, 2.05) is 18.2 Å². The molecule has 0 radical (unpaired) electrons. The van der Waals surface area contributed by atoms with Gasteiger partial charge in [0.1, 0.15) is 5.01 Å². The number of urea groups is 1. The van der Waals surface area contributed by atoms with Crippen molar-refractivity contribution in [2.24, 2.45) is 0 Å². The maximum atomic E-state index is 12.2. The second-order valence-electron chi connectivity index (χ2n) is 6.42. The van der Waals surface area contributed by atoms with E-state index in [1.165, 1.54) is 11.3 Å². The number of nitrogens with one attached hydrogen (secondary N) is 3. The molecule has 3 aromatic rings. The predicted molar refractivity (Wildman–Crippen MR) is 106 cm³/mol. The summed E-state index contributed by atoms with van der Waals surface area (Å²) in [6.45, 7) is 0.319. The summed E-state index contributed by atoms with van der Waals surface area (Å²) in [5.41, 5.74) is 2.04. The van der Waals surface area contributed by atoms with Crippen LogP contribution in [0.2, 0.25) is 0 Å². The summed E-state index contributed by atoms with van der Waals surface area (Å²) in [6, 6.07) is 10.3. The first kappa shape index (κ1) is 18.1. The maximum absolute atomic E-state index is 12.2. The third-order valence-electron chi connectivity index (χ3n) is 4.17. The first-order chi connectivity index (χ1) is 13.7. The average molecular weight is 394 g/mol. The van der Waals surface area contributed by atoms with Crippen molar-refractivity contribution in [1.29, 1.82) is 0 Å². The van der Waals surface area contributed by atoms with Crippen molar-refractivity contribution in [3.05, 3.63) is 64.9 Å². The summed E-state index contributed by atoms with van der Waals surface area (Å²) < 4.78 is 0. The van der Waals surface area contributed by atoms with Crippen molar-refractivity contribution >= 4 is 34.1 Å². The standard InChI is InChI=1S/C19H18N6O2S/c26-16(13-6-8-20-9-7-13)22-15-3-1-2-12(10-15)11-21-18(27)23-19-25-24-17(28-19)14-4-5-14/h1-3,6-10,14H,4-5,11H2,(H,22,26)(H2,21,23,25,27). The van der Waals surface area contributed by atoms with Crippen LogP contribution in [-0.4, -0.2) is 27.1 Å². The van der Waals surface area contributed by atoms with Crippen LogP contribution in [0, 0.1) is 0 Å². The Kier molecular flexibility index (Phi) is 5.24. The van der Waals surface area contributed by atoms with Gasteiger partial charge in [-0.05, 0) is 42.7 Å². The number of hydrogen-bond acceptors (Lipinski definition) is 6. The normalized spacial score (nSPS) is 13.0. The van der Waals surface area contributed by atoms with Crippen LogP contribution >= 0.6 is 11.3 Å². The molecule has 0 spiro atoms. The number of hydrogen-bond donors (Lipinski definition) is 3. The number of carbonyl (C=O) groups is 2. The molecule has 2 heterocycles. The highest BCUT2D eigenvalue weighted by atomic mass is 32.1. The Morgan fingerprint density at radius 3 is 2.68 bits per heavy atom. The molecule has 1 aliphatic carbocycles. The number of aromatic nitrogens is 3. The summed E-state index contributed by atoms with van der Waals surface area (Å²) >= 11 is 1.41. The van der Waals surface area contributed by atoms with Crippen molar-refractivity contribution < 1.29 is 9.59 Å². The Labute approximate surface area is 165 Å². The van der Waals surface area contributed by atoms with Crippen molar-refractivity contribution in [1.82, 2.24) is 20.5 Å². The molecule has 1 fully saturated rings. The van der Waals surface area contributed by atoms with Gasteiger partial charge in [-0.25, -0.2) is 4.79 Å². The first-order valence-corrected chi connectivity index (χ1v) is 9.67. The second kappa shape index (κ2) is 8.13. The van der Waals surface area contributed by atoms with E-state index in [4.69, 9.17) is 0 Å². The molecule has 3 amide bonds. The molecule has 3 N–H and O–H groups in total. The molecule has 142 valence electrons. The largest absolute Gasteiger partial charge is 0.334 e. The lowest BCUT2D eigenvalue weighted by Crippen LogP contribution is -2.28. The number of nitrogens with zero attached hydrogens (tertiary/aromatic N) is 3. The van der Waals surface area contributed by atoms with Gasteiger partial charge in [-0.1, -0.05) is 23.5 Å². The molecular weight excluding hydrogens is 376 g/mol. The van der Waals surface area contributed by atoms with E-state index in [2.05, 4.69) is 31.1 Å². The minimum Gasteiger partial charge on any atom is -0.334 e. The van der Waals surface area contributed by atoms with Gasteiger partial charge in [-0.2, -0.15) is 0 Å². The molecule has 1 aliphatic rings. The summed E-state index contributed by atoms with van der Waals surface area (Å²) in [5, 5.41) is 17.9. The highest BCUT2D eigenvalue weighted by molar-refractivity contribution is 7.15. The lowest BCUT2D eigenvalue weighted by Gasteiger charge is -2.09. The molecule has 9 heteroatoms. The number of pyridine rings is 1. The topological polar surface area (TPSA) is 109 Å². The van der Waals surface area contributed by atoms with Gasteiger partial charge in [-0.15, -0.1) is 10.2 Å². The van der Waals surface area contributed by atoms with Crippen LogP contribution in [0.15, 0.2) is 48.8 Å². The van der Waals surface area contributed by atoms with Crippen LogP contribution in [0.4, 0.5) is 15.6 Å². The Bertz CT molecular complexity index is 987. The zero-order valence-corrected chi connectivity index (χ0v) is 15.7. The highest BCUT2D eigenvalue weighted by Crippen LogP contribution is 2.41. The molecule has 0 bridgehead atoms. The Morgan fingerprint density at radius 2 is 1.89 bits per heavy atom. The minimum absolute atomic E-state index is 0.215. The molecule has 1 aromatic carbocycles. The molecule has 2 aromatic heterocycles. The summed E-state index contributed by atoms with van der Waals surface area (Å²) in [4.78, 5) is 28.2. The Hall–Kier alpha value is -3.33. The fourth-order valence-corrected chi connectivity index (χ4v) is 3.48. The van der Waals surface area contributed by atoms with Crippen LogP contribution < -0.4 is 16.0 Å². The zero-order chi connectivity index (χ0) is 19.3. The van der Waals surface area contributed by atoms with Crippen molar-refractivity contribution in [2.45, 2.75) is 25.3 Å². The smallest absolute Gasteiger partial charge is 0.321 e. The van der Waals surface area contributed by atoms with Gasteiger partial charge in [0.15, 0.2) is 0 Å². The highest BCUT2D eigenvalue weighted by Gasteiger charge is 2.27. The molecule has 0 unspecified atom stereocenters. The molecule has 0 saturated heterocycles. The molecule has 8 nitrogen and oxygen atoms in total. The lowest BCUT2D eigenvalue weighted by atomic mass is 10.2. The molecule has 28 heavy (non-hydrogen) atoms. The summed E-state index contributed by atoms with van der Waals surface area (Å²) in [6.07, 6.45) is 5.43. The third-order valence-corrected chi connectivity index (χ3v) is 5.17. The Morgan fingerprint density at radius 1 is 1.07 bits per heavy atom. The van der Waals surface area contributed by atoms with Crippen molar-refractivity contribution in [3.63, 3.8) is 0 Å². The average Bonchev–Trinajstić information content (AvgIpc) is 3.47. The third kappa shape index (κ3) is 4.68. The monoisotopic (exact) mass is 394 g/mol. The molecule has 0 aliphatic heterocycles. The van der Waals surface area contributed by atoms with Gasteiger partial charge >= 0.3 is 6.03 Å². The predicted octanol–water partition coefficient (Wildman–Crippen LogP) is 3.38. The SMILES string of the molecule is O=C(NCc1cccc(NC(=O)c2ccncc2)c1)Nc1nnc(C2CC2)s1. The minimum atomic E-state index is -0.343. The summed E-state index contributed by atoms with van der Waals surface area (Å²) in [5.74, 6) is 0.300. The van der Waals surface area contributed by atoms with Gasteiger partial charge < -0.3 is 10.6 Å². The number of benzene rings is 1. The Balaban J connectivity index is 1.30. The van der Waals surface area contributed by atoms with Crippen molar-refractivity contribution in [3.8, 4) is 0 Å². The maximum Gasteiger partial charge on any atom is 0.321 e. The van der Waals surface area contributed by atoms with Crippen LogP contribution in [0.5, 0.6) is 0 Å². The van der Waals surface area contributed by atoms with Crippen LogP contribution in [0.1, 0.15) is 39.7 Å². The van der Waals surface area contributed by atoms with Gasteiger partial charge in [0.05, 0.1) is 0 Å². The fourth-order valence-electron chi connectivity index (χ4n) is 2.57. The van der Waals surface area contributed by atoms with Crippen molar-refractivity contribution in [2.75, 3.05) is 10.6 Å². The molecular formula is C19H18N6O2S. The van der Waals surface area contributed by atoms with Gasteiger partial charge in [0, 0.05) is 36.1 Å². The second-order valence-corrected chi connectivity index (χ2v) is 7.43. The number of rotatable bonds is 6. The first-order valence-electron chi connectivity index (χ1n) is 8.86. The quantitative estimate of drug-likeness (QED) is 0.594. The number of carbonyl (C=O) groups excluding carboxylic acids is 2. The van der Waals surface area contributed by atoms with Gasteiger partial charge in [0.2, 0.25) is 5.13 Å². The number of amides is 3. The van der Waals surface area contributed by atoms with Crippen LogP contribution in [0.3, 0.4) is 0 Å². The van der Waals surface area contributed by atoms with E-state index < -0.39 is 0 Å². The zero-order valence-electron chi connectivity index (χ0n) is 14.9. The van der Waals surface area contributed by atoms with Crippen LogP contribution in [0.25, 0.3) is 0 Å².